The molecule has 3 aromatic rings. The normalized spacial score (nSPS) is 20.8. The number of ketones is 1. The molecule has 1 saturated carbocycles. The van der Waals surface area contributed by atoms with E-state index in [1.54, 1.807) is 24.0 Å². The zero-order valence-corrected chi connectivity index (χ0v) is 22.1. The standard InChI is InChI=1S/C27H33F3N4O2S/c1-27(29,30)16-36-26-31-22-15-34(12-10-24(22)37-26)11-9-17-3-5-18(6-4-17)13-23(35)19-7-8-21(28)25-20(19)14-33(2)32-25/h7-8,14,17-18H,3-6,9-13,15-16H2,1-2H3. The van der Waals surface area contributed by atoms with Crippen molar-refractivity contribution in [3.05, 3.63) is 40.3 Å². The molecule has 2 aromatic heterocycles. The molecule has 6 nitrogen and oxygen atoms in total. The third kappa shape index (κ3) is 6.34. The summed E-state index contributed by atoms with van der Waals surface area (Å²) in [6.07, 6.45) is 8.50. The van der Waals surface area contributed by atoms with Crippen LogP contribution in [0.5, 0.6) is 5.19 Å². The molecule has 3 heterocycles. The monoisotopic (exact) mass is 534 g/mol. The number of aromatic nitrogens is 3. The summed E-state index contributed by atoms with van der Waals surface area (Å²) >= 11 is 1.39. The van der Waals surface area contributed by atoms with E-state index in [0.717, 1.165) is 75.7 Å². The van der Waals surface area contributed by atoms with Crippen LogP contribution in [0.2, 0.25) is 0 Å². The van der Waals surface area contributed by atoms with Gasteiger partial charge in [-0.3, -0.25) is 14.4 Å². The molecule has 1 aliphatic carbocycles. The number of hydrogen-bond acceptors (Lipinski definition) is 6. The number of halogens is 3. The number of aryl methyl sites for hydroxylation is 1. The van der Waals surface area contributed by atoms with Crippen LogP contribution >= 0.6 is 11.3 Å². The average molecular weight is 535 g/mol. The van der Waals surface area contributed by atoms with Gasteiger partial charge in [0.1, 0.15) is 5.52 Å². The quantitative estimate of drug-likeness (QED) is 0.314. The van der Waals surface area contributed by atoms with E-state index < -0.39 is 18.3 Å². The smallest absolute Gasteiger partial charge is 0.278 e. The van der Waals surface area contributed by atoms with Gasteiger partial charge in [0.2, 0.25) is 0 Å². The number of hydrogen-bond donors (Lipinski definition) is 0. The summed E-state index contributed by atoms with van der Waals surface area (Å²) in [5.41, 5.74) is 1.78. The van der Waals surface area contributed by atoms with E-state index in [1.807, 2.05) is 0 Å². The first kappa shape index (κ1) is 26.2. The van der Waals surface area contributed by atoms with Gasteiger partial charge in [-0.1, -0.05) is 24.2 Å². The number of thiazole rings is 1. The van der Waals surface area contributed by atoms with Crippen molar-refractivity contribution in [2.45, 2.75) is 64.3 Å². The van der Waals surface area contributed by atoms with Crippen LogP contribution in [-0.2, 0) is 20.0 Å². The van der Waals surface area contributed by atoms with E-state index in [9.17, 15) is 18.0 Å². The predicted octanol–water partition coefficient (Wildman–Crippen LogP) is 6.03. The van der Waals surface area contributed by atoms with Gasteiger partial charge in [0.15, 0.2) is 18.2 Å². The van der Waals surface area contributed by atoms with Crippen molar-refractivity contribution in [3.63, 3.8) is 0 Å². The van der Waals surface area contributed by atoms with Gasteiger partial charge in [-0.25, -0.2) is 18.2 Å². The Bertz CT molecular complexity index is 1260. The van der Waals surface area contributed by atoms with Crippen molar-refractivity contribution in [1.29, 1.82) is 0 Å². The lowest BCUT2D eigenvalue weighted by Crippen LogP contribution is -2.32. The lowest BCUT2D eigenvalue weighted by Gasteiger charge is -2.31. The number of benzene rings is 1. The molecule has 200 valence electrons. The maximum absolute atomic E-state index is 14.1. The van der Waals surface area contributed by atoms with E-state index in [0.29, 0.717) is 34.4 Å². The predicted molar refractivity (Wildman–Crippen MR) is 137 cm³/mol. The third-order valence-corrected chi connectivity index (χ3v) is 8.64. The summed E-state index contributed by atoms with van der Waals surface area (Å²) in [6.45, 7) is 2.88. The molecular weight excluding hydrogens is 501 g/mol. The van der Waals surface area contributed by atoms with Crippen molar-refractivity contribution >= 4 is 28.0 Å². The fourth-order valence-corrected chi connectivity index (χ4v) is 6.47. The zero-order valence-electron chi connectivity index (χ0n) is 21.3. The Morgan fingerprint density at radius 3 is 2.73 bits per heavy atom. The van der Waals surface area contributed by atoms with Crippen LogP contribution in [0.25, 0.3) is 10.9 Å². The zero-order chi connectivity index (χ0) is 26.2. The van der Waals surface area contributed by atoms with Gasteiger partial charge < -0.3 is 4.74 Å². The molecule has 0 spiro atoms. The molecule has 0 amide bonds. The molecule has 0 unspecified atom stereocenters. The van der Waals surface area contributed by atoms with Gasteiger partial charge >= 0.3 is 0 Å². The van der Waals surface area contributed by atoms with Gasteiger partial charge in [-0.2, -0.15) is 5.10 Å². The van der Waals surface area contributed by atoms with Crippen LogP contribution in [0.1, 0.15) is 66.4 Å². The average Bonchev–Trinajstić information content (AvgIpc) is 3.45. The molecule has 2 aliphatic rings. The Kier molecular flexibility index (Phi) is 7.58. The molecule has 0 atom stereocenters. The van der Waals surface area contributed by atoms with Crippen LogP contribution in [0, 0.1) is 17.7 Å². The fourth-order valence-electron chi connectivity index (χ4n) is 5.56. The topological polar surface area (TPSA) is 60.2 Å². The Morgan fingerprint density at radius 2 is 1.97 bits per heavy atom. The molecule has 1 aliphatic heterocycles. The van der Waals surface area contributed by atoms with E-state index in [-0.39, 0.29) is 11.3 Å². The van der Waals surface area contributed by atoms with Crippen LogP contribution in [0.3, 0.4) is 0 Å². The second-order valence-electron chi connectivity index (χ2n) is 10.7. The third-order valence-electron chi connectivity index (χ3n) is 7.57. The summed E-state index contributed by atoms with van der Waals surface area (Å²) in [6, 6.07) is 2.93. The van der Waals surface area contributed by atoms with E-state index >= 15 is 0 Å². The highest BCUT2D eigenvalue weighted by Gasteiger charge is 2.28. The Balaban J connectivity index is 1.07. The number of fused-ring (bicyclic) bond motifs is 2. The Morgan fingerprint density at radius 1 is 1.22 bits per heavy atom. The summed E-state index contributed by atoms with van der Waals surface area (Å²) in [5, 5.41) is 5.08. The molecule has 10 heteroatoms. The molecular formula is C27H33F3N4O2S. The number of Topliss-reactive ketones (excluding diaryl/α,β-unsaturated/α-hetero) is 1. The maximum atomic E-state index is 14.1. The van der Waals surface area contributed by atoms with Crippen molar-refractivity contribution in [3.8, 4) is 5.19 Å². The molecule has 5 rings (SSSR count). The number of alkyl halides is 2. The number of rotatable bonds is 9. The van der Waals surface area contributed by atoms with Crippen LogP contribution < -0.4 is 4.74 Å². The van der Waals surface area contributed by atoms with Crippen molar-refractivity contribution in [2.24, 2.45) is 18.9 Å². The summed E-state index contributed by atoms with van der Waals surface area (Å²) in [4.78, 5) is 21.0. The van der Waals surface area contributed by atoms with Gasteiger partial charge in [0, 0.05) is 55.5 Å². The largest absolute Gasteiger partial charge is 0.464 e. The minimum Gasteiger partial charge on any atom is -0.464 e. The first-order valence-electron chi connectivity index (χ1n) is 13.0. The van der Waals surface area contributed by atoms with Crippen molar-refractivity contribution in [2.75, 3.05) is 19.7 Å². The highest BCUT2D eigenvalue weighted by molar-refractivity contribution is 7.13. The van der Waals surface area contributed by atoms with E-state index in [4.69, 9.17) is 4.74 Å². The number of carbonyl (C=O) groups excluding carboxylic acids is 1. The lowest BCUT2D eigenvalue weighted by molar-refractivity contribution is -0.0230. The molecule has 37 heavy (non-hydrogen) atoms. The van der Waals surface area contributed by atoms with Crippen molar-refractivity contribution in [1.82, 2.24) is 19.7 Å². The summed E-state index contributed by atoms with van der Waals surface area (Å²) in [7, 11) is 1.73. The summed E-state index contributed by atoms with van der Waals surface area (Å²) < 4.78 is 47.0. The Hall–Kier alpha value is -2.46. The van der Waals surface area contributed by atoms with Crippen molar-refractivity contribution < 1.29 is 22.7 Å². The van der Waals surface area contributed by atoms with E-state index in [1.165, 1.54) is 17.4 Å². The van der Waals surface area contributed by atoms with Crippen LogP contribution in [-0.4, -0.2) is 51.1 Å². The maximum Gasteiger partial charge on any atom is 0.278 e. The minimum absolute atomic E-state index is 0.0693. The molecule has 0 saturated heterocycles. The van der Waals surface area contributed by atoms with Gasteiger partial charge in [0.05, 0.1) is 5.69 Å². The van der Waals surface area contributed by atoms with E-state index in [2.05, 4.69) is 15.0 Å². The highest BCUT2D eigenvalue weighted by Crippen LogP contribution is 2.35. The first-order valence-corrected chi connectivity index (χ1v) is 13.8. The lowest BCUT2D eigenvalue weighted by atomic mass is 9.78. The first-order chi connectivity index (χ1) is 17.6. The molecule has 0 radical (unpaired) electrons. The highest BCUT2D eigenvalue weighted by atomic mass is 32.1. The minimum atomic E-state index is -2.86. The van der Waals surface area contributed by atoms with Gasteiger partial charge in [-0.15, -0.1) is 0 Å². The second kappa shape index (κ2) is 10.7. The van der Waals surface area contributed by atoms with Crippen LogP contribution in [0.4, 0.5) is 13.2 Å². The summed E-state index contributed by atoms with van der Waals surface area (Å²) in [5.74, 6) is -2.19. The molecule has 0 N–H and O–H groups in total. The SMILES string of the molecule is Cn1cc2c(C(=O)CC3CCC(CCN4CCc5sc(OCC(C)(F)F)nc5C4)CC3)ccc(F)c2n1. The Labute approximate surface area is 218 Å². The number of carbonyl (C=O) groups is 1. The molecule has 1 aromatic carbocycles. The number of nitrogens with zero attached hydrogens (tertiary/aromatic N) is 4. The molecule has 0 bridgehead atoms. The molecule has 1 fully saturated rings. The van der Waals surface area contributed by atoms with Crippen LogP contribution in [0.15, 0.2) is 18.3 Å². The second-order valence-corrected chi connectivity index (χ2v) is 11.7. The van der Waals surface area contributed by atoms with Gasteiger partial charge in [0.25, 0.3) is 11.1 Å². The fraction of sp³-hybridized carbons (Fsp3) is 0.593. The number of ether oxygens (including phenoxy) is 1. The van der Waals surface area contributed by atoms with Gasteiger partial charge in [-0.05, 0) is 56.2 Å².